The van der Waals surface area contributed by atoms with E-state index < -0.39 is 0 Å². The smallest absolute Gasteiger partial charge is 0.159 e. The van der Waals surface area contributed by atoms with Gasteiger partial charge in [-0.05, 0) is 23.0 Å². The first-order valence-electron chi connectivity index (χ1n) is 5.83. The van der Waals surface area contributed by atoms with Gasteiger partial charge in [0.1, 0.15) is 0 Å². The second-order valence-corrected chi connectivity index (χ2v) is 5.36. The third-order valence-corrected chi connectivity index (χ3v) is 3.14. The fourth-order valence-electron chi connectivity index (χ4n) is 2.12. The first-order chi connectivity index (χ1) is 7.57. The normalized spacial score (nSPS) is 19.4. The molecule has 0 N–H and O–H groups in total. The average molecular weight is 214 g/mol. The van der Waals surface area contributed by atoms with Crippen molar-refractivity contribution in [2.24, 2.45) is 5.41 Å². The topological polar surface area (TPSA) is 17.1 Å². The van der Waals surface area contributed by atoms with Crippen molar-refractivity contribution in [3.8, 4) is 0 Å². The van der Waals surface area contributed by atoms with E-state index in [1.165, 1.54) is 5.56 Å². The number of Topliss-reactive ketones (excluding diaryl/α,β-unsaturated/α-hetero) is 1. The zero-order valence-corrected chi connectivity index (χ0v) is 9.99. The number of carbonyl (C=O) groups excluding carboxylic acids is 1. The molecule has 0 spiro atoms. The van der Waals surface area contributed by atoms with Crippen LogP contribution in [0.1, 0.15) is 32.3 Å². The maximum atomic E-state index is 11.9. The molecule has 0 aromatic heterocycles. The molecule has 16 heavy (non-hydrogen) atoms. The fraction of sp³-hybridized carbons (Fsp3) is 0.400. The third kappa shape index (κ3) is 2.60. The molecular formula is C15H18O. The highest BCUT2D eigenvalue weighted by atomic mass is 16.1. The van der Waals surface area contributed by atoms with Crippen LogP contribution in [0, 0.1) is 5.41 Å². The van der Waals surface area contributed by atoms with E-state index in [0.717, 1.165) is 18.4 Å². The Bertz CT molecular complexity index is 412. The van der Waals surface area contributed by atoms with Crippen LogP contribution < -0.4 is 0 Å². The number of hydrogen-bond donors (Lipinski definition) is 0. The standard InChI is InChI=1S/C15H18O/c1-15(2)9-8-13(14(16)11-15)10-12-6-4-3-5-7-12/h3-8H,9-11H2,1-2H3. The number of hydrogen-bond acceptors (Lipinski definition) is 1. The minimum atomic E-state index is 0.150. The molecule has 1 aromatic carbocycles. The number of allylic oxidation sites excluding steroid dienone is 2. The van der Waals surface area contributed by atoms with E-state index in [4.69, 9.17) is 0 Å². The van der Waals surface area contributed by atoms with E-state index in [0.29, 0.717) is 12.2 Å². The summed E-state index contributed by atoms with van der Waals surface area (Å²) in [5, 5.41) is 0. The van der Waals surface area contributed by atoms with Crippen LogP contribution in [0.5, 0.6) is 0 Å². The van der Waals surface area contributed by atoms with Gasteiger partial charge >= 0.3 is 0 Å². The van der Waals surface area contributed by atoms with Crippen molar-refractivity contribution in [3.05, 3.63) is 47.5 Å². The molecule has 0 unspecified atom stereocenters. The van der Waals surface area contributed by atoms with Gasteiger partial charge in [0.15, 0.2) is 5.78 Å². The van der Waals surface area contributed by atoms with Gasteiger partial charge in [-0.3, -0.25) is 4.79 Å². The Balaban J connectivity index is 2.12. The second-order valence-electron chi connectivity index (χ2n) is 5.36. The lowest BCUT2D eigenvalue weighted by atomic mass is 9.76. The SMILES string of the molecule is CC1(C)CC=C(Cc2ccccc2)C(=O)C1. The summed E-state index contributed by atoms with van der Waals surface area (Å²) in [5.41, 5.74) is 2.37. The van der Waals surface area contributed by atoms with Crippen molar-refractivity contribution < 1.29 is 4.79 Å². The van der Waals surface area contributed by atoms with E-state index in [9.17, 15) is 4.79 Å². The monoisotopic (exact) mass is 214 g/mol. The Morgan fingerprint density at radius 2 is 1.88 bits per heavy atom. The van der Waals surface area contributed by atoms with Crippen LogP contribution in [0.4, 0.5) is 0 Å². The van der Waals surface area contributed by atoms with Crippen molar-refractivity contribution in [3.63, 3.8) is 0 Å². The van der Waals surface area contributed by atoms with Crippen LogP contribution >= 0.6 is 0 Å². The summed E-state index contributed by atoms with van der Waals surface area (Å²) in [5.74, 6) is 0.320. The summed E-state index contributed by atoms with van der Waals surface area (Å²) in [7, 11) is 0. The summed E-state index contributed by atoms with van der Waals surface area (Å²) in [6, 6.07) is 10.2. The van der Waals surface area contributed by atoms with E-state index in [-0.39, 0.29) is 5.41 Å². The van der Waals surface area contributed by atoms with Gasteiger partial charge in [0, 0.05) is 12.8 Å². The highest BCUT2D eigenvalue weighted by molar-refractivity contribution is 5.96. The number of ketones is 1. The van der Waals surface area contributed by atoms with Gasteiger partial charge in [0.05, 0.1) is 0 Å². The largest absolute Gasteiger partial charge is 0.295 e. The number of rotatable bonds is 2. The predicted octanol–water partition coefficient (Wildman–Crippen LogP) is 3.54. The first-order valence-corrected chi connectivity index (χ1v) is 5.83. The molecule has 0 fully saturated rings. The number of carbonyl (C=O) groups is 1. The molecule has 84 valence electrons. The molecule has 0 bridgehead atoms. The first kappa shape index (κ1) is 11.1. The maximum absolute atomic E-state index is 11.9. The molecule has 0 radical (unpaired) electrons. The lowest BCUT2D eigenvalue weighted by Crippen LogP contribution is -2.23. The Labute approximate surface area is 97.2 Å². The molecule has 0 amide bonds. The Morgan fingerprint density at radius 3 is 2.50 bits per heavy atom. The molecule has 1 aliphatic rings. The van der Waals surface area contributed by atoms with E-state index >= 15 is 0 Å². The molecule has 1 nitrogen and oxygen atoms in total. The summed E-state index contributed by atoms with van der Waals surface area (Å²) in [6.45, 7) is 4.31. The Morgan fingerprint density at radius 1 is 1.19 bits per heavy atom. The highest BCUT2D eigenvalue weighted by Gasteiger charge is 2.27. The Hall–Kier alpha value is -1.37. The lowest BCUT2D eigenvalue weighted by molar-refractivity contribution is -0.118. The zero-order valence-electron chi connectivity index (χ0n) is 9.99. The van der Waals surface area contributed by atoms with Crippen molar-refractivity contribution in [2.45, 2.75) is 33.1 Å². The molecule has 0 atom stereocenters. The van der Waals surface area contributed by atoms with Gasteiger partial charge in [-0.2, -0.15) is 0 Å². The van der Waals surface area contributed by atoms with Gasteiger partial charge in [-0.15, -0.1) is 0 Å². The van der Waals surface area contributed by atoms with Crippen LogP contribution in [-0.4, -0.2) is 5.78 Å². The summed E-state index contributed by atoms with van der Waals surface area (Å²) < 4.78 is 0. The highest BCUT2D eigenvalue weighted by Crippen LogP contribution is 2.33. The molecule has 2 rings (SSSR count). The molecule has 1 aromatic rings. The van der Waals surface area contributed by atoms with Crippen molar-refractivity contribution in [1.29, 1.82) is 0 Å². The van der Waals surface area contributed by atoms with Crippen LogP contribution in [0.2, 0.25) is 0 Å². The zero-order chi connectivity index (χ0) is 11.6. The third-order valence-electron chi connectivity index (χ3n) is 3.14. The summed E-state index contributed by atoms with van der Waals surface area (Å²) >= 11 is 0. The minimum Gasteiger partial charge on any atom is -0.295 e. The van der Waals surface area contributed by atoms with Crippen LogP contribution in [0.25, 0.3) is 0 Å². The summed E-state index contributed by atoms with van der Waals surface area (Å²) in [6.07, 6.45) is 4.61. The van der Waals surface area contributed by atoms with Crippen LogP contribution in [0.15, 0.2) is 42.0 Å². The van der Waals surface area contributed by atoms with Gasteiger partial charge < -0.3 is 0 Å². The molecule has 0 aliphatic heterocycles. The predicted molar refractivity (Wildman–Crippen MR) is 66.3 cm³/mol. The van der Waals surface area contributed by atoms with E-state index in [1.54, 1.807) is 0 Å². The lowest BCUT2D eigenvalue weighted by Gasteiger charge is -2.27. The molecule has 1 aliphatic carbocycles. The van der Waals surface area contributed by atoms with Gasteiger partial charge in [-0.1, -0.05) is 50.3 Å². The quantitative estimate of drug-likeness (QED) is 0.736. The minimum absolute atomic E-state index is 0.150. The van der Waals surface area contributed by atoms with Crippen molar-refractivity contribution in [1.82, 2.24) is 0 Å². The van der Waals surface area contributed by atoms with Gasteiger partial charge in [0.2, 0.25) is 0 Å². The molecule has 0 saturated heterocycles. The fourth-order valence-corrected chi connectivity index (χ4v) is 2.12. The van der Waals surface area contributed by atoms with Gasteiger partial charge in [0.25, 0.3) is 0 Å². The van der Waals surface area contributed by atoms with Gasteiger partial charge in [-0.25, -0.2) is 0 Å². The van der Waals surface area contributed by atoms with Crippen LogP contribution in [-0.2, 0) is 11.2 Å². The second kappa shape index (κ2) is 4.25. The Kier molecular flexibility index (Phi) is 2.95. The van der Waals surface area contributed by atoms with Crippen LogP contribution in [0.3, 0.4) is 0 Å². The van der Waals surface area contributed by atoms with E-state index in [2.05, 4.69) is 32.1 Å². The maximum Gasteiger partial charge on any atom is 0.159 e. The number of benzene rings is 1. The average Bonchev–Trinajstić information content (AvgIpc) is 2.23. The molecule has 1 heteroatoms. The molecule has 0 heterocycles. The molecular weight excluding hydrogens is 196 g/mol. The molecule has 0 saturated carbocycles. The summed E-state index contributed by atoms with van der Waals surface area (Å²) in [4.78, 5) is 11.9. The van der Waals surface area contributed by atoms with Crippen molar-refractivity contribution in [2.75, 3.05) is 0 Å². The van der Waals surface area contributed by atoms with E-state index in [1.807, 2.05) is 18.2 Å². The van der Waals surface area contributed by atoms with Crippen molar-refractivity contribution >= 4 is 5.78 Å².